The molecule has 3 heteroatoms. The molecule has 0 bridgehead atoms. The van der Waals surface area contributed by atoms with Crippen LogP contribution in [0.3, 0.4) is 0 Å². The molecule has 1 aliphatic heterocycles. The second-order valence-electron chi connectivity index (χ2n) is 5.09. The molecule has 1 aromatic carbocycles. The molecule has 0 spiro atoms. The van der Waals surface area contributed by atoms with Gasteiger partial charge in [-0.15, -0.1) is 0 Å². The monoisotopic (exact) mass is 265 g/mol. The van der Waals surface area contributed by atoms with Gasteiger partial charge in [0.05, 0.1) is 5.54 Å². The van der Waals surface area contributed by atoms with Crippen molar-refractivity contribution < 1.29 is 4.79 Å². The van der Waals surface area contributed by atoms with Crippen molar-refractivity contribution in [3.63, 3.8) is 0 Å². The summed E-state index contributed by atoms with van der Waals surface area (Å²) >= 11 is 5.86. The molecule has 1 unspecified atom stereocenters. The van der Waals surface area contributed by atoms with Crippen LogP contribution in [-0.2, 0) is 11.2 Å². The van der Waals surface area contributed by atoms with Crippen LogP contribution in [-0.4, -0.2) is 17.9 Å². The first-order valence-electron chi connectivity index (χ1n) is 6.69. The van der Waals surface area contributed by atoms with Crippen LogP contribution in [0.4, 0.5) is 0 Å². The first kappa shape index (κ1) is 13.6. The van der Waals surface area contributed by atoms with Crippen molar-refractivity contribution in [3.8, 4) is 0 Å². The molecule has 1 atom stereocenters. The molecule has 1 aromatic rings. The van der Waals surface area contributed by atoms with E-state index in [9.17, 15) is 4.79 Å². The largest absolute Gasteiger partial charge is 0.305 e. The Morgan fingerprint density at radius 3 is 2.67 bits per heavy atom. The molecule has 1 N–H and O–H groups in total. The highest BCUT2D eigenvalue weighted by atomic mass is 35.5. The van der Waals surface area contributed by atoms with Gasteiger partial charge in [0, 0.05) is 11.4 Å². The van der Waals surface area contributed by atoms with Gasteiger partial charge in [0.25, 0.3) is 0 Å². The summed E-state index contributed by atoms with van der Waals surface area (Å²) < 4.78 is 0. The van der Waals surface area contributed by atoms with Gasteiger partial charge in [-0.3, -0.25) is 4.79 Å². The third-order valence-electron chi connectivity index (χ3n) is 3.73. The first-order chi connectivity index (χ1) is 8.66. The Morgan fingerprint density at radius 2 is 2.11 bits per heavy atom. The Morgan fingerprint density at radius 1 is 1.39 bits per heavy atom. The maximum absolute atomic E-state index is 12.5. The van der Waals surface area contributed by atoms with Crippen molar-refractivity contribution in [2.45, 2.75) is 44.6 Å². The summed E-state index contributed by atoms with van der Waals surface area (Å²) in [5, 5.41) is 4.14. The highest BCUT2D eigenvalue weighted by Gasteiger charge is 2.39. The fraction of sp³-hybridized carbons (Fsp3) is 0.533. The minimum Gasteiger partial charge on any atom is -0.305 e. The summed E-state index contributed by atoms with van der Waals surface area (Å²) in [6.45, 7) is 3.10. The van der Waals surface area contributed by atoms with Crippen molar-refractivity contribution in [2.75, 3.05) is 6.54 Å². The van der Waals surface area contributed by atoms with Gasteiger partial charge in [0.2, 0.25) is 0 Å². The zero-order valence-corrected chi connectivity index (χ0v) is 11.6. The summed E-state index contributed by atoms with van der Waals surface area (Å²) in [6, 6.07) is 7.57. The third kappa shape index (κ3) is 2.93. The van der Waals surface area contributed by atoms with Crippen LogP contribution in [0.2, 0.25) is 5.02 Å². The van der Waals surface area contributed by atoms with Crippen LogP contribution < -0.4 is 5.32 Å². The lowest BCUT2D eigenvalue weighted by molar-refractivity contribution is -0.124. The lowest BCUT2D eigenvalue weighted by atomic mass is 9.84. The van der Waals surface area contributed by atoms with Crippen molar-refractivity contribution in [2.24, 2.45) is 0 Å². The summed E-state index contributed by atoms with van der Waals surface area (Å²) in [4.78, 5) is 12.5. The van der Waals surface area contributed by atoms with Crippen molar-refractivity contribution in [3.05, 3.63) is 34.9 Å². The Balaban J connectivity index is 2.07. The van der Waals surface area contributed by atoms with Crippen molar-refractivity contribution in [1.82, 2.24) is 5.32 Å². The van der Waals surface area contributed by atoms with Crippen LogP contribution in [0.15, 0.2) is 24.3 Å². The number of hydrogen-bond donors (Lipinski definition) is 1. The van der Waals surface area contributed by atoms with Gasteiger partial charge in [0.1, 0.15) is 0 Å². The predicted octanol–water partition coefficient (Wildman–Crippen LogP) is 3.37. The number of halogens is 1. The van der Waals surface area contributed by atoms with Crippen LogP contribution in [0.1, 0.15) is 38.2 Å². The maximum atomic E-state index is 12.5. The minimum absolute atomic E-state index is 0.269. The summed E-state index contributed by atoms with van der Waals surface area (Å²) in [6.07, 6.45) is 4.57. The molecular formula is C15H20ClNO. The first-order valence-corrected chi connectivity index (χ1v) is 7.07. The Labute approximate surface area is 114 Å². The van der Waals surface area contributed by atoms with E-state index >= 15 is 0 Å². The van der Waals surface area contributed by atoms with Gasteiger partial charge in [-0.25, -0.2) is 0 Å². The Hall–Kier alpha value is -0.860. The number of Topliss-reactive ketones (excluding diaryl/α,β-unsaturated/α-hetero) is 1. The smallest absolute Gasteiger partial charge is 0.157 e. The van der Waals surface area contributed by atoms with Crippen LogP contribution in [0, 0.1) is 0 Å². The molecule has 18 heavy (non-hydrogen) atoms. The maximum Gasteiger partial charge on any atom is 0.157 e. The quantitative estimate of drug-likeness (QED) is 0.884. The number of rotatable bonds is 5. The summed E-state index contributed by atoms with van der Waals surface area (Å²) in [7, 11) is 0. The second kappa shape index (κ2) is 5.85. The average molecular weight is 266 g/mol. The predicted molar refractivity (Wildman–Crippen MR) is 75.0 cm³/mol. The van der Waals surface area contributed by atoms with E-state index in [4.69, 9.17) is 11.6 Å². The Bertz CT molecular complexity index is 407. The van der Waals surface area contributed by atoms with Crippen molar-refractivity contribution in [1.29, 1.82) is 0 Å². The number of ketones is 1. The molecule has 98 valence electrons. The van der Waals surface area contributed by atoms with Crippen LogP contribution in [0.25, 0.3) is 0 Å². The molecule has 0 aromatic heterocycles. The van der Waals surface area contributed by atoms with Crippen LogP contribution >= 0.6 is 11.6 Å². The summed E-state index contributed by atoms with van der Waals surface area (Å²) in [5.74, 6) is 0.323. The van der Waals surface area contributed by atoms with Gasteiger partial charge in [0.15, 0.2) is 5.78 Å². The fourth-order valence-corrected chi connectivity index (χ4v) is 2.91. The zero-order chi connectivity index (χ0) is 13.0. The van der Waals surface area contributed by atoms with Gasteiger partial charge >= 0.3 is 0 Å². The molecule has 1 heterocycles. The van der Waals surface area contributed by atoms with Crippen LogP contribution in [0.5, 0.6) is 0 Å². The van der Waals surface area contributed by atoms with E-state index in [1.807, 2.05) is 24.3 Å². The van der Waals surface area contributed by atoms with E-state index in [-0.39, 0.29) is 5.54 Å². The number of carbonyl (C=O) groups excluding carboxylic acids is 1. The van der Waals surface area contributed by atoms with E-state index in [0.29, 0.717) is 17.2 Å². The van der Waals surface area contributed by atoms with E-state index in [1.54, 1.807) is 0 Å². The molecule has 1 fully saturated rings. The molecule has 2 rings (SSSR count). The lowest BCUT2D eigenvalue weighted by Gasteiger charge is -2.27. The van der Waals surface area contributed by atoms with Gasteiger partial charge in [-0.2, -0.15) is 0 Å². The van der Waals surface area contributed by atoms with Gasteiger partial charge < -0.3 is 5.32 Å². The van der Waals surface area contributed by atoms with E-state index < -0.39 is 0 Å². The topological polar surface area (TPSA) is 29.1 Å². The molecular weight excluding hydrogens is 246 g/mol. The normalized spacial score (nSPS) is 23.2. The van der Waals surface area contributed by atoms with Crippen molar-refractivity contribution >= 4 is 17.4 Å². The molecule has 1 aliphatic rings. The lowest BCUT2D eigenvalue weighted by Crippen LogP contribution is -2.48. The molecule has 0 amide bonds. The highest BCUT2D eigenvalue weighted by molar-refractivity contribution is 6.30. The number of benzene rings is 1. The van der Waals surface area contributed by atoms with E-state index in [1.165, 1.54) is 0 Å². The molecule has 1 saturated heterocycles. The standard InChI is InChI=1S/C15H20ClNO/c1-2-8-15(9-3-10-17-15)14(18)11-12-4-6-13(16)7-5-12/h4-7,17H,2-3,8-11H2,1H3. The fourth-order valence-electron chi connectivity index (χ4n) is 2.78. The van der Waals surface area contributed by atoms with Gasteiger partial charge in [-0.1, -0.05) is 37.1 Å². The third-order valence-corrected chi connectivity index (χ3v) is 3.98. The number of hydrogen-bond acceptors (Lipinski definition) is 2. The zero-order valence-electron chi connectivity index (χ0n) is 10.8. The Kier molecular flexibility index (Phi) is 4.41. The average Bonchev–Trinajstić information content (AvgIpc) is 2.82. The number of nitrogens with one attached hydrogen (secondary N) is 1. The molecule has 0 saturated carbocycles. The number of carbonyl (C=O) groups is 1. The summed E-state index contributed by atoms with van der Waals surface area (Å²) in [5.41, 5.74) is 0.780. The highest BCUT2D eigenvalue weighted by Crippen LogP contribution is 2.27. The second-order valence-corrected chi connectivity index (χ2v) is 5.53. The van der Waals surface area contributed by atoms with Gasteiger partial charge in [-0.05, 0) is 43.5 Å². The SMILES string of the molecule is CCCC1(C(=O)Cc2ccc(Cl)cc2)CCCN1. The minimum atomic E-state index is -0.269. The van der Waals surface area contributed by atoms with E-state index in [0.717, 1.165) is 37.8 Å². The van der Waals surface area contributed by atoms with E-state index in [2.05, 4.69) is 12.2 Å². The molecule has 0 radical (unpaired) electrons. The molecule has 2 nitrogen and oxygen atoms in total. The molecule has 0 aliphatic carbocycles.